The van der Waals surface area contributed by atoms with E-state index in [2.05, 4.69) is 5.32 Å². The summed E-state index contributed by atoms with van der Waals surface area (Å²) >= 11 is 0. The number of carbonyl (C=O) groups excluding carboxylic acids is 1. The van der Waals surface area contributed by atoms with Crippen LogP contribution in [-0.2, 0) is 12.4 Å². The molecule has 2 nitrogen and oxygen atoms in total. The van der Waals surface area contributed by atoms with Crippen LogP contribution in [0.3, 0.4) is 0 Å². The first-order valence-corrected chi connectivity index (χ1v) is 9.73. The molecule has 0 aliphatic rings. The molecule has 0 bridgehead atoms. The molecule has 3 rings (SSSR count). The lowest BCUT2D eigenvalue weighted by molar-refractivity contribution is -0.143. The third-order valence-corrected chi connectivity index (χ3v) is 4.97. The Labute approximate surface area is 180 Å². The summed E-state index contributed by atoms with van der Waals surface area (Å²) in [6.07, 6.45) is -9.62. The van der Waals surface area contributed by atoms with Crippen LogP contribution < -0.4 is 5.32 Å². The van der Waals surface area contributed by atoms with Crippen molar-refractivity contribution in [3.8, 4) is 0 Å². The van der Waals surface area contributed by atoms with Gasteiger partial charge in [0.05, 0.1) is 11.1 Å². The number of hydrogen-bond donors (Lipinski definition) is 1. The zero-order valence-corrected chi connectivity index (χ0v) is 16.7. The van der Waals surface area contributed by atoms with Crippen molar-refractivity contribution in [1.82, 2.24) is 5.32 Å². The van der Waals surface area contributed by atoms with Crippen LogP contribution in [0, 0.1) is 0 Å². The van der Waals surface area contributed by atoms with Gasteiger partial charge < -0.3 is 5.32 Å². The molecule has 0 atom stereocenters. The second-order valence-corrected chi connectivity index (χ2v) is 7.21. The maximum atomic E-state index is 13.0. The number of hydrogen-bond acceptors (Lipinski definition) is 1. The van der Waals surface area contributed by atoms with Crippen LogP contribution in [0.25, 0.3) is 0 Å². The average Bonchev–Trinajstić information content (AvgIpc) is 2.76. The Bertz CT molecular complexity index is 974. The summed E-state index contributed by atoms with van der Waals surface area (Å²) in [6.45, 7) is 0.0604. The maximum Gasteiger partial charge on any atom is 0.416 e. The number of amides is 1. The molecule has 0 fully saturated rings. The molecule has 0 saturated carbocycles. The number of halogens is 6. The summed E-state index contributed by atoms with van der Waals surface area (Å²) in [7, 11) is 0. The molecule has 0 aliphatic heterocycles. The van der Waals surface area contributed by atoms with Gasteiger partial charge in [-0.15, -0.1) is 0 Å². The molecule has 1 N–H and O–H groups in total. The molecule has 0 aromatic heterocycles. The minimum absolute atomic E-state index is 0.00236. The fourth-order valence-electron chi connectivity index (χ4n) is 3.41. The fraction of sp³-hybridized carbons (Fsp3) is 0.208. The van der Waals surface area contributed by atoms with Gasteiger partial charge >= 0.3 is 12.4 Å². The van der Waals surface area contributed by atoms with E-state index in [9.17, 15) is 31.1 Å². The quantitative estimate of drug-likeness (QED) is 0.417. The minimum Gasteiger partial charge on any atom is -0.352 e. The second-order valence-electron chi connectivity index (χ2n) is 7.21. The Hall–Kier alpha value is -3.29. The molecule has 0 aliphatic carbocycles. The first-order valence-electron chi connectivity index (χ1n) is 9.73. The van der Waals surface area contributed by atoms with E-state index in [1.54, 1.807) is 0 Å². The van der Waals surface area contributed by atoms with Gasteiger partial charge in [-0.3, -0.25) is 4.79 Å². The molecule has 168 valence electrons. The van der Waals surface area contributed by atoms with Crippen LogP contribution in [0.5, 0.6) is 0 Å². The van der Waals surface area contributed by atoms with Gasteiger partial charge in [0.25, 0.3) is 5.91 Å². The molecule has 3 aromatic carbocycles. The third kappa shape index (κ3) is 5.90. The van der Waals surface area contributed by atoms with Crippen LogP contribution >= 0.6 is 0 Å². The van der Waals surface area contributed by atoms with Crippen molar-refractivity contribution in [2.75, 3.05) is 6.54 Å². The highest BCUT2D eigenvalue weighted by molar-refractivity contribution is 5.94. The zero-order chi connectivity index (χ0) is 23.4. The molecular formula is C24H19F6NO. The molecule has 8 heteroatoms. The highest BCUT2D eigenvalue weighted by Gasteiger charge is 2.37. The summed E-state index contributed by atoms with van der Waals surface area (Å²) in [6, 6.07) is 19.7. The molecule has 0 heterocycles. The van der Waals surface area contributed by atoms with Crippen molar-refractivity contribution in [1.29, 1.82) is 0 Å². The number of benzene rings is 3. The lowest BCUT2D eigenvalue weighted by Crippen LogP contribution is -2.27. The van der Waals surface area contributed by atoms with Crippen molar-refractivity contribution < 1.29 is 31.1 Å². The summed E-state index contributed by atoms with van der Waals surface area (Å²) < 4.78 is 78.2. The first-order chi connectivity index (χ1) is 15.1. The van der Waals surface area contributed by atoms with Crippen molar-refractivity contribution in [2.45, 2.75) is 24.7 Å². The summed E-state index contributed by atoms with van der Waals surface area (Å²) in [5.74, 6) is -1.11. The van der Waals surface area contributed by atoms with Gasteiger partial charge in [0, 0.05) is 18.0 Å². The van der Waals surface area contributed by atoms with Crippen LogP contribution in [0.4, 0.5) is 26.3 Å². The lowest BCUT2D eigenvalue weighted by atomic mass is 9.88. The molecule has 1 amide bonds. The average molecular weight is 451 g/mol. The van der Waals surface area contributed by atoms with Crippen molar-refractivity contribution in [3.63, 3.8) is 0 Å². The van der Waals surface area contributed by atoms with Crippen molar-refractivity contribution >= 4 is 5.91 Å². The summed E-state index contributed by atoms with van der Waals surface area (Å²) in [5.41, 5.74) is -1.78. The van der Waals surface area contributed by atoms with Crippen LogP contribution in [0.1, 0.15) is 45.0 Å². The second kappa shape index (κ2) is 9.46. The zero-order valence-electron chi connectivity index (χ0n) is 16.7. The standard InChI is InChI=1S/C24H19F6NO/c25-23(26,27)19-13-18(14-20(15-19)24(28,29)30)22(32)31-12-11-21(16-7-3-1-4-8-16)17-9-5-2-6-10-17/h1-10,13-15,21H,11-12H2,(H,31,32). The molecule has 0 radical (unpaired) electrons. The van der Waals surface area contributed by atoms with Crippen LogP contribution in [0.2, 0.25) is 0 Å². The van der Waals surface area contributed by atoms with Gasteiger partial charge in [-0.2, -0.15) is 26.3 Å². The first kappa shape index (κ1) is 23.4. The maximum absolute atomic E-state index is 13.0. The van der Waals surface area contributed by atoms with Gasteiger partial charge in [-0.25, -0.2) is 0 Å². The Balaban J connectivity index is 1.78. The minimum atomic E-state index is -5.01. The predicted octanol–water partition coefficient (Wildman–Crippen LogP) is 6.68. The largest absolute Gasteiger partial charge is 0.416 e. The van der Waals surface area contributed by atoms with Crippen molar-refractivity contribution in [2.24, 2.45) is 0 Å². The summed E-state index contributed by atoms with van der Waals surface area (Å²) in [4.78, 5) is 12.4. The van der Waals surface area contributed by atoms with Crippen LogP contribution in [-0.4, -0.2) is 12.5 Å². The number of alkyl halides is 6. The van der Waals surface area contributed by atoms with E-state index >= 15 is 0 Å². The molecule has 0 spiro atoms. The Kier molecular flexibility index (Phi) is 6.91. The Morgan fingerprint density at radius 3 is 1.56 bits per heavy atom. The van der Waals surface area contributed by atoms with E-state index in [0.717, 1.165) is 11.1 Å². The van der Waals surface area contributed by atoms with E-state index in [4.69, 9.17) is 0 Å². The van der Waals surface area contributed by atoms with Gasteiger partial charge in [0.1, 0.15) is 0 Å². The molecule has 0 unspecified atom stereocenters. The van der Waals surface area contributed by atoms with E-state index in [1.807, 2.05) is 60.7 Å². The predicted molar refractivity (Wildman–Crippen MR) is 108 cm³/mol. The van der Waals surface area contributed by atoms with Gasteiger partial charge in [-0.1, -0.05) is 60.7 Å². The topological polar surface area (TPSA) is 29.1 Å². The fourth-order valence-corrected chi connectivity index (χ4v) is 3.41. The van der Waals surface area contributed by atoms with Crippen LogP contribution in [0.15, 0.2) is 78.9 Å². The SMILES string of the molecule is O=C(NCCC(c1ccccc1)c1ccccc1)c1cc(C(F)(F)F)cc(C(F)(F)F)c1. The summed E-state index contributed by atoms with van der Waals surface area (Å²) in [5, 5.41) is 2.45. The smallest absolute Gasteiger partial charge is 0.352 e. The highest BCUT2D eigenvalue weighted by atomic mass is 19.4. The Morgan fingerprint density at radius 2 is 1.16 bits per heavy atom. The highest BCUT2D eigenvalue weighted by Crippen LogP contribution is 2.36. The van der Waals surface area contributed by atoms with E-state index in [-0.39, 0.29) is 18.5 Å². The number of nitrogens with one attached hydrogen (secondary N) is 1. The Morgan fingerprint density at radius 1 is 0.719 bits per heavy atom. The van der Waals surface area contributed by atoms with Crippen molar-refractivity contribution in [3.05, 3.63) is 107 Å². The normalized spacial score (nSPS) is 12.1. The van der Waals surface area contributed by atoms with E-state index in [1.165, 1.54) is 0 Å². The molecular weight excluding hydrogens is 432 g/mol. The van der Waals surface area contributed by atoms with E-state index in [0.29, 0.717) is 18.6 Å². The van der Waals surface area contributed by atoms with Gasteiger partial charge in [-0.05, 0) is 35.7 Å². The molecule has 3 aromatic rings. The number of carbonyl (C=O) groups is 1. The monoisotopic (exact) mass is 451 g/mol. The number of rotatable bonds is 6. The van der Waals surface area contributed by atoms with Gasteiger partial charge in [0.15, 0.2) is 0 Å². The third-order valence-electron chi connectivity index (χ3n) is 4.97. The van der Waals surface area contributed by atoms with E-state index < -0.39 is 35.0 Å². The molecule has 32 heavy (non-hydrogen) atoms. The van der Waals surface area contributed by atoms with Gasteiger partial charge in [0.2, 0.25) is 0 Å². The molecule has 0 saturated heterocycles. The lowest BCUT2D eigenvalue weighted by Gasteiger charge is -2.19.